The number of rotatable bonds is 5. The van der Waals surface area contributed by atoms with Crippen molar-refractivity contribution in [3.8, 4) is 0 Å². The van der Waals surface area contributed by atoms with Crippen LogP contribution in [0.1, 0.15) is 71.6 Å². The van der Waals surface area contributed by atoms with Gasteiger partial charge in [0.25, 0.3) is 0 Å². The summed E-state index contributed by atoms with van der Waals surface area (Å²) >= 11 is 0. The number of fused-ring (bicyclic) bond motifs is 1. The van der Waals surface area contributed by atoms with Gasteiger partial charge < -0.3 is 4.43 Å². The fourth-order valence-corrected chi connectivity index (χ4v) is 10.0. The van der Waals surface area contributed by atoms with Crippen LogP contribution in [0.25, 0.3) is 0 Å². The van der Waals surface area contributed by atoms with Crippen LogP contribution in [0.2, 0.25) is 16.6 Å². The Balaban J connectivity index is 2.34. The molecule has 1 atom stereocenters. The molecule has 0 N–H and O–H groups in total. The molecule has 2 rings (SSSR count). The summed E-state index contributed by atoms with van der Waals surface area (Å²) in [5, 5.41) is 0. The Bertz CT molecular complexity index is 443. The molecule has 0 unspecified atom stereocenters. The van der Waals surface area contributed by atoms with Crippen molar-refractivity contribution < 1.29 is 4.43 Å². The van der Waals surface area contributed by atoms with Gasteiger partial charge in [-0.3, -0.25) is 0 Å². The minimum Gasteiger partial charge on any atom is -0.409 e. The number of hydrogen-bond acceptors (Lipinski definition) is 1. The Labute approximate surface area is 132 Å². The summed E-state index contributed by atoms with van der Waals surface area (Å²) in [6.07, 6.45) is 4.00. The molecule has 0 heterocycles. The molecule has 0 aromatic heterocycles. The second-order valence-electron chi connectivity index (χ2n) is 7.52. The van der Waals surface area contributed by atoms with Gasteiger partial charge in [0.2, 0.25) is 8.32 Å². The molecular weight excluding hydrogens is 272 g/mol. The van der Waals surface area contributed by atoms with Crippen molar-refractivity contribution in [1.29, 1.82) is 0 Å². The van der Waals surface area contributed by atoms with Crippen molar-refractivity contribution in [2.24, 2.45) is 0 Å². The van der Waals surface area contributed by atoms with Crippen molar-refractivity contribution in [3.05, 3.63) is 35.4 Å². The molecule has 118 valence electrons. The van der Waals surface area contributed by atoms with Crippen LogP contribution in [0.5, 0.6) is 0 Å². The molecule has 0 bridgehead atoms. The van der Waals surface area contributed by atoms with Crippen LogP contribution in [0, 0.1) is 0 Å². The van der Waals surface area contributed by atoms with Crippen LogP contribution in [0.4, 0.5) is 0 Å². The molecule has 1 aromatic rings. The first-order valence-corrected chi connectivity index (χ1v) is 10.8. The molecule has 2 heteroatoms. The number of hydrogen-bond donors (Lipinski definition) is 0. The maximum atomic E-state index is 7.03. The second-order valence-corrected chi connectivity index (χ2v) is 12.9. The molecule has 1 aromatic carbocycles. The zero-order valence-electron chi connectivity index (χ0n) is 14.6. The van der Waals surface area contributed by atoms with Gasteiger partial charge in [-0.05, 0) is 47.0 Å². The molecule has 0 aliphatic heterocycles. The lowest BCUT2D eigenvalue weighted by atomic mass is 9.90. The molecule has 1 aliphatic rings. The van der Waals surface area contributed by atoms with Crippen LogP contribution in [-0.4, -0.2) is 8.32 Å². The fraction of sp³-hybridized carbons (Fsp3) is 0.684. The summed E-state index contributed by atoms with van der Waals surface area (Å²) in [6, 6.07) is 8.91. The fourth-order valence-electron chi connectivity index (χ4n) is 4.49. The molecule has 1 aliphatic carbocycles. The van der Waals surface area contributed by atoms with Crippen molar-refractivity contribution in [3.63, 3.8) is 0 Å². The van der Waals surface area contributed by atoms with Gasteiger partial charge in [0.1, 0.15) is 0 Å². The lowest BCUT2D eigenvalue weighted by Gasteiger charge is -2.45. The van der Waals surface area contributed by atoms with Gasteiger partial charge in [0, 0.05) is 0 Å². The summed E-state index contributed by atoms with van der Waals surface area (Å²) in [4.78, 5) is 0. The van der Waals surface area contributed by atoms with Crippen molar-refractivity contribution in [2.75, 3.05) is 0 Å². The van der Waals surface area contributed by atoms with E-state index in [0.717, 1.165) is 0 Å². The Hall–Kier alpha value is -0.603. The maximum absolute atomic E-state index is 7.03. The highest BCUT2D eigenvalue weighted by molar-refractivity contribution is 6.77. The third-order valence-corrected chi connectivity index (χ3v) is 11.5. The largest absolute Gasteiger partial charge is 0.409 e. The monoisotopic (exact) mass is 304 g/mol. The van der Waals surface area contributed by atoms with Crippen LogP contribution in [-0.2, 0) is 10.8 Å². The van der Waals surface area contributed by atoms with Crippen LogP contribution >= 0.6 is 0 Å². The van der Waals surface area contributed by atoms with E-state index in [9.17, 15) is 0 Å². The molecular formula is C19H32OSi. The smallest absolute Gasteiger partial charge is 0.201 e. The lowest BCUT2D eigenvalue weighted by molar-refractivity contribution is 0.156. The zero-order valence-corrected chi connectivity index (χ0v) is 15.6. The van der Waals surface area contributed by atoms with Crippen LogP contribution in [0.3, 0.4) is 0 Å². The van der Waals surface area contributed by atoms with Crippen molar-refractivity contribution in [2.45, 2.75) is 83.5 Å². The van der Waals surface area contributed by atoms with E-state index in [1.54, 1.807) is 0 Å². The summed E-state index contributed by atoms with van der Waals surface area (Å²) in [5.41, 5.74) is 4.94. The summed E-state index contributed by atoms with van der Waals surface area (Å²) in [5.74, 6) is 0. The first-order valence-electron chi connectivity index (χ1n) is 8.65. The van der Waals surface area contributed by atoms with Gasteiger partial charge >= 0.3 is 0 Å². The average Bonchev–Trinajstić information content (AvgIpc) is 2.43. The Kier molecular flexibility index (Phi) is 5.32. The Morgan fingerprint density at radius 1 is 0.952 bits per heavy atom. The molecule has 0 saturated heterocycles. The Morgan fingerprint density at radius 2 is 1.52 bits per heavy atom. The summed E-state index contributed by atoms with van der Waals surface area (Å²) < 4.78 is 7.03. The number of aryl methyl sites for hydroxylation is 1. The molecule has 0 radical (unpaired) electrons. The first kappa shape index (κ1) is 16.8. The predicted molar refractivity (Wildman–Crippen MR) is 94.3 cm³/mol. The van der Waals surface area contributed by atoms with E-state index in [1.165, 1.54) is 30.4 Å². The minimum atomic E-state index is -1.78. The maximum Gasteiger partial charge on any atom is 0.201 e. The molecule has 1 nitrogen and oxygen atoms in total. The third kappa shape index (κ3) is 3.12. The van der Waals surface area contributed by atoms with Gasteiger partial charge in [-0.25, -0.2) is 0 Å². The molecule has 0 spiro atoms. The van der Waals surface area contributed by atoms with Crippen molar-refractivity contribution in [1.82, 2.24) is 0 Å². The van der Waals surface area contributed by atoms with Gasteiger partial charge in [0.05, 0.1) is 6.10 Å². The number of benzene rings is 1. The van der Waals surface area contributed by atoms with Crippen molar-refractivity contribution >= 4 is 8.32 Å². The molecule has 0 saturated carbocycles. The van der Waals surface area contributed by atoms with E-state index in [2.05, 4.69) is 65.8 Å². The Morgan fingerprint density at radius 3 is 2.10 bits per heavy atom. The quantitative estimate of drug-likeness (QED) is 0.584. The molecule has 0 fully saturated rings. The highest BCUT2D eigenvalue weighted by Gasteiger charge is 2.47. The van der Waals surface area contributed by atoms with Gasteiger partial charge in [-0.1, -0.05) is 65.8 Å². The van der Waals surface area contributed by atoms with Gasteiger partial charge in [-0.15, -0.1) is 0 Å². The van der Waals surface area contributed by atoms with Gasteiger partial charge in [-0.2, -0.15) is 0 Å². The summed E-state index contributed by atoms with van der Waals surface area (Å²) in [7, 11) is -1.78. The van der Waals surface area contributed by atoms with E-state index in [-0.39, 0.29) is 0 Å². The van der Waals surface area contributed by atoms with Crippen LogP contribution < -0.4 is 0 Å². The zero-order chi connectivity index (χ0) is 15.6. The molecule has 0 amide bonds. The molecule has 21 heavy (non-hydrogen) atoms. The highest BCUT2D eigenvalue weighted by atomic mass is 28.4. The standard InChI is InChI=1S/C19H32OSi/c1-14(2)21(15(3)4,16(5)6)20-19-13-9-11-17-10-7-8-12-18(17)19/h7-8,10,12,14-16,19H,9,11,13H2,1-6H3/t19-/m1/s1. The second kappa shape index (κ2) is 6.66. The topological polar surface area (TPSA) is 9.23 Å². The van der Waals surface area contributed by atoms with E-state index in [1.807, 2.05) is 0 Å². The highest BCUT2D eigenvalue weighted by Crippen LogP contribution is 2.47. The van der Waals surface area contributed by atoms with E-state index in [0.29, 0.717) is 22.7 Å². The van der Waals surface area contributed by atoms with Crippen LogP contribution in [0.15, 0.2) is 24.3 Å². The lowest BCUT2D eigenvalue weighted by Crippen LogP contribution is -2.48. The van der Waals surface area contributed by atoms with E-state index < -0.39 is 8.32 Å². The SMILES string of the molecule is CC(C)[Si](O[C@@H]1CCCc2ccccc21)(C(C)C)C(C)C. The van der Waals surface area contributed by atoms with E-state index in [4.69, 9.17) is 4.43 Å². The normalized spacial score (nSPS) is 19.4. The summed E-state index contributed by atoms with van der Waals surface area (Å²) in [6.45, 7) is 14.3. The first-order chi connectivity index (χ1) is 9.89. The minimum absolute atomic E-state index is 0.328. The van der Waals surface area contributed by atoms with Gasteiger partial charge in [0.15, 0.2) is 0 Å². The average molecular weight is 305 g/mol. The third-order valence-electron chi connectivity index (χ3n) is 5.37. The van der Waals surface area contributed by atoms with E-state index >= 15 is 0 Å². The predicted octanol–water partition coefficient (Wildman–Crippen LogP) is 6.26.